The van der Waals surface area contributed by atoms with Crippen LogP contribution in [0.3, 0.4) is 0 Å². The summed E-state index contributed by atoms with van der Waals surface area (Å²) in [5, 5.41) is 0. The highest BCUT2D eigenvalue weighted by atomic mass is 19.1. The molecule has 108 valence electrons. The van der Waals surface area contributed by atoms with Gasteiger partial charge < -0.3 is 4.74 Å². The summed E-state index contributed by atoms with van der Waals surface area (Å²) in [7, 11) is 0. The van der Waals surface area contributed by atoms with Crippen molar-refractivity contribution in [3.8, 4) is 0 Å². The number of hydrogen-bond acceptors (Lipinski definition) is 1. The van der Waals surface area contributed by atoms with E-state index in [0.717, 1.165) is 38.2 Å². The van der Waals surface area contributed by atoms with Gasteiger partial charge in [0.1, 0.15) is 5.83 Å². The van der Waals surface area contributed by atoms with Gasteiger partial charge in [0.2, 0.25) is 0 Å². The van der Waals surface area contributed by atoms with Crippen LogP contribution in [0.25, 0.3) is 0 Å². The highest BCUT2D eigenvalue weighted by Gasteiger charge is 2.47. The number of fused-ring (bicyclic) bond motifs is 2. The van der Waals surface area contributed by atoms with Gasteiger partial charge in [0.15, 0.2) is 0 Å². The monoisotopic (exact) mass is 266 g/mol. The van der Waals surface area contributed by atoms with Crippen LogP contribution in [0.4, 0.5) is 4.39 Å². The Morgan fingerprint density at radius 1 is 1.16 bits per heavy atom. The quantitative estimate of drug-likeness (QED) is 0.697. The number of hydrogen-bond donors (Lipinski definition) is 0. The van der Waals surface area contributed by atoms with E-state index in [2.05, 4.69) is 13.8 Å². The summed E-state index contributed by atoms with van der Waals surface area (Å²) in [6.45, 7) is 5.15. The molecule has 4 aliphatic rings. The van der Waals surface area contributed by atoms with Crippen LogP contribution in [-0.4, -0.2) is 12.7 Å². The summed E-state index contributed by atoms with van der Waals surface area (Å²) in [5.74, 6) is 0.992. The summed E-state index contributed by atoms with van der Waals surface area (Å²) in [6, 6.07) is 0. The molecule has 1 nitrogen and oxygen atoms in total. The molecule has 0 heterocycles. The van der Waals surface area contributed by atoms with E-state index in [1.807, 2.05) is 6.08 Å². The van der Waals surface area contributed by atoms with E-state index in [4.69, 9.17) is 4.74 Å². The maximum absolute atomic E-state index is 14.1. The lowest BCUT2D eigenvalue weighted by Crippen LogP contribution is -2.41. The van der Waals surface area contributed by atoms with Gasteiger partial charge in [0.25, 0.3) is 0 Å². The van der Waals surface area contributed by atoms with Crippen molar-refractivity contribution in [3.63, 3.8) is 0 Å². The van der Waals surface area contributed by atoms with Crippen molar-refractivity contribution in [3.05, 3.63) is 11.9 Å². The van der Waals surface area contributed by atoms with Gasteiger partial charge in [-0.15, -0.1) is 0 Å². The second kappa shape index (κ2) is 4.87. The summed E-state index contributed by atoms with van der Waals surface area (Å²) < 4.78 is 20.3. The minimum Gasteiger partial charge on any atom is -0.377 e. The van der Waals surface area contributed by atoms with Crippen LogP contribution in [0.5, 0.6) is 0 Å². The minimum atomic E-state index is -0.151. The molecule has 0 aromatic heterocycles. The van der Waals surface area contributed by atoms with Crippen molar-refractivity contribution in [1.82, 2.24) is 0 Å². The van der Waals surface area contributed by atoms with E-state index in [1.54, 1.807) is 0 Å². The van der Waals surface area contributed by atoms with Crippen molar-refractivity contribution >= 4 is 0 Å². The maximum Gasteiger partial charge on any atom is 0.102 e. The topological polar surface area (TPSA) is 9.23 Å². The first-order chi connectivity index (χ1) is 9.01. The Hall–Kier alpha value is -0.370. The molecular formula is C17H27FO. The average molecular weight is 266 g/mol. The van der Waals surface area contributed by atoms with Gasteiger partial charge >= 0.3 is 0 Å². The summed E-state index contributed by atoms with van der Waals surface area (Å²) in [6.07, 6.45) is 11.5. The molecule has 0 aromatic carbocycles. The van der Waals surface area contributed by atoms with Crippen LogP contribution in [0.15, 0.2) is 11.9 Å². The third-order valence-corrected chi connectivity index (χ3v) is 5.93. The van der Waals surface area contributed by atoms with Crippen LogP contribution in [0, 0.1) is 16.7 Å². The summed E-state index contributed by atoms with van der Waals surface area (Å²) in [4.78, 5) is 0. The second-order valence-electron chi connectivity index (χ2n) is 7.61. The molecule has 0 radical (unpaired) electrons. The Kier molecular flexibility index (Phi) is 3.49. The van der Waals surface area contributed by atoms with Crippen molar-refractivity contribution < 1.29 is 9.13 Å². The van der Waals surface area contributed by atoms with Gasteiger partial charge in [-0.2, -0.15) is 0 Å². The third kappa shape index (κ3) is 2.61. The first-order valence-electron chi connectivity index (χ1n) is 8.02. The van der Waals surface area contributed by atoms with E-state index >= 15 is 0 Å². The third-order valence-electron chi connectivity index (χ3n) is 5.93. The number of rotatable bonds is 3. The molecule has 2 bridgehead atoms. The highest BCUT2D eigenvalue weighted by Crippen LogP contribution is 2.56. The largest absolute Gasteiger partial charge is 0.377 e. The fourth-order valence-corrected chi connectivity index (χ4v) is 3.99. The van der Waals surface area contributed by atoms with Crippen LogP contribution in [-0.2, 0) is 4.74 Å². The van der Waals surface area contributed by atoms with Gasteiger partial charge in [-0.1, -0.05) is 13.8 Å². The lowest BCUT2D eigenvalue weighted by atomic mass is 9.58. The Bertz CT molecular complexity index is 357. The SMILES string of the molecule is CC1CCC(OCC23C=C(F)C(C)(CC2)CC3)CC1. The van der Waals surface area contributed by atoms with Crippen molar-refractivity contribution in [2.75, 3.05) is 6.61 Å². The zero-order valence-corrected chi connectivity index (χ0v) is 12.4. The molecule has 0 amide bonds. The zero-order valence-electron chi connectivity index (χ0n) is 12.4. The first-order valence-corrected chi connectivity index (χ1v) is 8.02. The number of ether oxygens (including phenoxy) is 1. The van der Waals surface area contributed by atoms with Crippen LogP contribution >= 0.6 is 0 Å². The van der Waals surface area contributed by atoms with E-state index in [0.29, 0.717) is 6.10 Å². The lowest BCUT2D eigenvalue weighted by Gasteiger charge is -2.48. The maximum atomic E-state index is 14.1. The molecule has 2 saturated carbocycles. The van der Waals surface area contributed by atoms with Gasteiger partial charge in [0.05, 0.1) is 12.7 Å². The minimum absolute atomic E-state index is 0.0188. The van der Waals surface area contributed by atoms with E-state index in [1.165, 1.54) is 25.7 Å². The first kappa shape index (κ1) is 13.6. The average Bonchev–Trinajstić information content (AvgIpc) is 2.41. The fraction of sp³-hybridized carbons (Fsp3) is 0.882. The number of allylic oxidation sites excluding steroid dienone is 1. The van der Waals surface area contributed by atoms with Gasteiger partial charge in [-0.3, -0.25) is 0 Å². The van der Waals surface area contributed by atoms with Crippen molar-refractivity contribution in [2.24, 2.45) is 16.7 Å². The zero-order chi connectivity index (χ0) is 13.5. The van der Waals surface area contributed by atoms with Gasteiger partial charge in [0, 0.05) is 10.8 Å². The van der Waals surface area contributed by atoms with E-state index in [9.17, 15) is 4.39 Å². The smallest absolute Gasteiger partial charge is 0.102 e. The predicted molar refractivity (Wildman–Crippen MR) is 75.6 cm³/mol. The number of halogens is 1. The molecule has 0 atom stereocenters. The molecule has 0 N–H and O–H groups in total. The van der Waals surface area contributed by atoms with Crippen molar-refractivity contribution in [2.45, 2.75) is 71.3 Å². The molecule has 4 rings (SSSR count). The summed E-state index contributed by atoms with van der Waals surface area (Å²) >= 11 is 0. The Balaban J connectivity index is 1.58. The van der Waals surface area contributed by atoms with E-state index in [-0.39, 0.29) is 16.7 Å². The van der Waals surface area contributed by atoms with Crippen LogP contribution < -0.4 is 0 Å². The second-order valence-corrected chi connectivity index (χ2v) is 7.61. The molecule has 0 aromatic rings. The van der Waals surface area contributed by atoms with Crippen LogP contribution in [0.1, 0.15) is 65.2 Å². The predicted octanol–water partition coefficient (Wildman–Crippen LogP) is 5.02. The van der Waals surface area contributed by atoms with Crippen LogP contribution in [0.2, 0.25) is 0 Å². The molecule has 0 unspecified atom stereocenters. The molecule has 19 heavy (non-hydrogen) atoms. The molecular weight excluding hydrogens is 239 g/mol. The molecule has 0 saturated heterocycles. The van der Waals surface area contributed by atoms with Gasteiger partial charge in [-0.25, -0.2) is 4.39 Å². The highest BCUT2D eigenvalue weighted by molar-refractivity contribution is 5.21. The van der Waals surface area contributed by atoms with Crippen molar-refractivity contribution in [1.29, 1.82) is 0 Å². The Morgan fingerprint density at radius 3 is 2.37 bits per heavy atom. The molecule has 0 aliphatic heterocycles. The standard InChI is InChI=1S/C17H27FO/c1-13-3-5-14(6-4-13)19-12-17-9-7-16(2,8-10-17)15(18)11-17/h11,13-14H,3-10,12H2,1-2H3. The molecule has 4 aliphatic carbocycles. The fourth-order valence-electron chi connectivity index (χ4n) is 3.99. The Labute approximate surface area is 116 Å². The normalized spacial score (nSPS) is 46.2. The lowest BCUT2D eigenvalue weighted by molar-refractivity contribution is -0.0451. The molecule has 2 heteroatoms. The molecule has 2 fully saturated rings. The van der Waals surface area contributed by atoms with E-state index < -0.39 is 0 Å². The Morgan fingerprint density at radius 2 is 1.79 bits per heavy atom. The van der Waals surface area contributed by atoms with Gasteiger partial charge in [-0.05, 0) is 63.4 Å². The summed E-state index contributed by atoms with van der Waals surface area (Å²) in [5.41, 5.74) is -0.132. The molecule has 0 spiro atoms.